The highest BCUT2D eigenvalue weighted by atomic mass is 32.1. The fraction of sp³-hybridized carbons (Fsp3) is 0.250. The van der Waals surface area contributed by atoms with Crippen molar-refractivity contribution >= 4 is 33.4 Å². The highest BCUT2D eigenvalue weighted by Crippen LogP contribution is 2.22. The molecule has 3 rings (SSSR count). The third-order valence-electron chi connectivity index (χ3n) is 4.14. The van der Waals surface area contributed by atoms with Crippen LogP contribution in [0.5, 0.6) is 0 Å². The molecular weight excluding hydrogens is 348 g/mol. The van der Waals surface area contributed by atoms with Gasteiger partial charge in [-0.25, -0.2) is 4.98 Å². The van der Waals surface area contributed by atoms with Crippen LogP contribution in [0.2, 0.25) is 0 Å². The minimum atomic E-state index is -0.939. The van der Waals surface area contributed by atoms with E-state index < -0.39 is 11.9 Å². The van der Waals surface area contributed by atoms with Gasteiger partial charge in [0, 0.05) is 13.0 Å². The summed E-state index contributed by atoms with van der Waals surface area (Å²) in [5.74, 6) is -1.80. The minimum absolute atomic E-state index is 0.0965. The van der Waals surface area contributed by atoms with Crippen LogP contribution in [0.4, 0.5) is 0 Å². The van der Waals surface area contributed by atoms with E-state index in [1.54, 1.807) is 35.6 Å². The molecule has 0 aliphatic rings. The van der Waals surface area contributed by atoms with Crippen LogP contribution in [0.3, 0.4) is 0 Å². The summed E-state index contributed by atoms with van der Waals surface area (Å²) < 4.78 is 1.15. The van der Waals surface area contributed by atoms with Crippen LogP contribution in [0.25, 0.3) is 10.2 Å². The van der Waals surface area contributed by atoms with Gasteiger partial charge in [-0.05, 0) is 30.5 Å². The lowest BCUT2D eigenvalue weighted by molar-refractivity contribution is -0.138. The Morgan fingerprint density at radius 2 is 1.81 bits per heavy atom. The highest BCUT2D eigenvalue weighted by molar-refractivity contribution is 7.18. The first kappa shape index (κ1) is 18.1. The average molecular weight is 368 g/mol. The van der Waals surface area contributed by atoms with Gasteiger partial charge in [-0.15, -0.1) is 11.3 Å². The van der Waals surface area contributed by atoms with Crippen LogP contribution in [-0.2, 0) is 16.0 Å². The van der Waals surface area contributed by atoms with Gasteiger partial charge in [0.25, 0.3) is 0 Å². The molecule has 3 aromatic rings. The Morgan fingerprint density at radius 1 is 1.08 bits per heavy atom. The van der Waals surface area contributed by atoms with E-state index >= 15 is 0 Å². The number of carboxylic acid groups (broad SMARTS) is 1. The Labute approximate surface area is 155 Å². The first-order valence-corrected chi connectivity index (χ1v) is 9.34. The predicted octanol–water partition coefficient (Wildman–Crippen LogP) is 3.60. The molecule has 5 nitrogen and oxygen atoms in total. The number of fused-ring (bicyclic) bond motifs is 1. The molecule has 134 valence electrons. The topological polar surface area (TPSA) is 79.3 Å². The van der Waals surface area contributed by atoms with Gasteiger partial charge in [-0.3, -0.25) is 9.59 Å². The van der Waals surface area contributed by atoms with Gasteiger partial charge >= 0.3 is 5.97 Å². The Hall–Kier alpha value is -2.73. The van der Waals surface area contributed by atoms with Crippen LogP contribution >= 0.6 is 11.3 Å². The quantitative estimate of drug-likeness (QED) is 0.637. The normalized spacial score (nSPS) is 12.0. The zero-order valence-corrected chi connectivity index (χ0v) is 15.0. The second kappa shape index (κ2) is 8.58. The SMILES string of the molecule is O=C(CCCc1nc2ccccc2s1)NC[C@@H](C(=O)O)c1ccccc1. The molecule has 0 fully saturated rings. The van der Waals surface area contributed by atoms with E-state index in [9.17, 15) is 14.7 Å². The van der Waals surface area contributed by atoms with Crippen LogP contribution in [-0.4, -0.2) is 28.5 Å². The Morgan fingerprint density at radius 3 is 2.54 bits per heavy atom. The number of para-hydroxylation sites is 1. The van der Waals surface area contributed by atoms with Crippen molar-refractivity contribution in [1.29, 1.82) is 0 Å². The fourth-order valence-corrected chi connectivity index (χ4v) is 3.77. The molecule has 2 N–H and O–H groups in total. The molecule has 0 bridgehead atoms. The third kappa shape index (κ3) is 4.67. The van der Waals surface area contributed by atoms with Gasteiger partial charge in [0.05, 0.1) is 21.1 Å². The van der Waals surface area contributed by atoms with Crippen LogP contribution in [0, 0.1) is 0 Å². The maximum atomic E-state index is 12.0. The van der Waals surface area contributed by atoms with E-state index in [4.69, 9.17) is 0 Å². The number of hydrogen-bond donors (Lipinski definition) is 2. The summed E-state index contributed by atoms with van der Waals surface area (Å²) in [5, 5.41) is 13.1. The minimum Gasteiger partial charge on any atom is -0.481 e. The molecule has 2 aromatic carbocycles. The molecule has 0 aliphatic heterocycles. The van der Waals surface area contributed by atoms with Gasteiger partial charge in [-0.1, -0.05) is 42.5 Å². The summed E-state index contributed by atoms with van der Waals surface area (Å²) in [7, 11) is 0. The van der Waals surface area contributed by atoms with Crippen LogP contribution in [0.1, 0.15) is 29.3 Å². The number of rotatable bonds is 8. The molecule has 0 saturated heterocycles. The van der Waals surface area contributed by atoms with Crippen molar-refractivity contribution in [3.05, 3.63) is 65.2 Å². The molecule has 1 heterocycles. The summed E-state index contributed by atoms with van der Waals surface area (Å²) in [6, 6.07) is 16.9. The van der Waals surface area contributed by atoms with Crippen molar-refractivity contribution in [2.75, 3.05) is 6.54 Å². The number of thiazole rings is 1. The Bertz CT molecular complexity index is 859. The number of aryl methyl sites for hydroxylation is 1. The molecule has 6 heteroatoms. The van der Waals surface area contributed by atoms with E-state index in [-0.39, 0.29) is 12.5 Å². The number of carbonyl (C=O) groups is 2. The highest BCUT2D eigenvalue weighted by Gasteiger charge is 2.20. The number of nitrogens with one attached hydrogen (secondary N) is 1. The lowest BCUT2D eigenvalue weighted by Gasteiger charge is -2.13. The summed E-state index contributed by atoms with van der Waals surface area (Å²) in [6.45, 7) is 0.0965. The van der Waals surface area contributed by atoms with E-state index in [1.807, 2.05) is 30.3 Å². The van der Waals surface area contributed by atoms with Crippen LogP contribution < -0.4 is 5.32 Å². The summed E-state index contributed by atoms with van der Waals surface area (Å²) >= 11 is 1.65. The second-order valence-corrected chi connectivity index (χ2v) is 7.15. The van der Waals surface area contributed by atoms with Gasteiger partial charge < -0.3 is 10.4 Å². The molecular formula is C20H20N2O3S. The molecule has 0 unspecified atom stereocenters. The zero-order chi connectivity index (χ0) is 18.4. The smallest absolute Gasteiger partial charge is 0.312 e. The summed E-state index contributed by atoms with van der Waals surface area (Å²) in [4.78, 5) is 28.0. The predicted molar refractivity (Wildman–Crippen MR) is 102 cm³/mol. The number of aromatic nitrogens is 1. The van der Waals surface area contributed by atoms with Crippen molar-refractivity contribution < 1.29 is 14.7 Å². The van der Waals surface area contributed by atoms with Gasteiger partial charge in [-0.2, -0.15) is 0 Å². The number of hydrogen-bond acceptors (Lipinski definition) is 4. The fourth-order valence-electron chi connectivity index (χ4n) is 2.76. The van der Waals surface area contributed by atoms with Crippen molar-refractivity contribution in [2.45, 2.75) is 25.2 Å². The molecule has 1 aromatic heterocycles. The average Bonchev–Trinajstić information content (AvgIpc) is 3.05. The first-order chi connectivity index (χ1) is 12.6. The maximum absolute atomic E-state index is 12.0. The number of nitrogens with zero attached hydrogens (tertiary/aromatic N) is 1. The molecule has 1 amide bonds. The van der Waals surface area contributed by atoms with E-state index in [0.29, 0.717) is 18.4 Å². The third-order valence-corrected chi connectivity index (χ3v) is 5.23. The second-order valence-electron chi connectivity index (χ2n) is 6.03. The number of benzene rings is 2. The zero-order valence-electron chi connectivity index (χ0n) is 14.2. The molecule has 26 heavy (non-hydrogen) atoms. The standard InChI is InChI=1S/C20H20N2O3S/c23-18(21-13-15(20(24)25)14-7-2-1-3-8-14)11-6-12-19-22-16-9-4-5-10-17(16)26-19/h1-5,7-10,15H,6,11-13H2,(H,21,23)(H,24,25)/t15-/m1/s1. The van der Waals surface area contributed by atoms with E-state index in [0.717, 1.165) is 21.6 Å². The van der Waals surface area contributed by atoms with E-state index in [2.05, 4.69) is 10.3 Å². The first-order valence-electron chi connectivity index (χ1n) is 8.52. The lowest BCUT2D eigenvalue weighted by atomic mass is 9.99. The molecule has 0 aliphatic carbocycles. The summed E-state index contributed by atoms with van der Waals surface area (Å²) in [5.41, 5.74) is 1.68. The number of amides is 1. The largest absolute Gasteiger partial charge is 0.481 e. The Balaban J connectivity index is 1.47. The molecule has 0 radical (unpaired) electrons. The van der Waals surface area contributed by atoms with Gasteiger partial charge in [0.15, 0.2) is 0 Å². The maximum Gasteiger partial charge on any atom is 0.312 e. The van der Waals surface area contributed by atoms with Crippen molar-refractivity contribution in [3.8, 4) is 0 Å². The monoisotopic (exact) mass is 368 g/mol. The Kier molecular flexibility index (Phi) is 5.96. The van der Waals surface area contributed by atoms with Crippen molar-refractivity contribution in [3.63, 3.8) is 0 Å². The molecule has 1 atom stereocenters. The lowest BCUT2D eigenvalue weighted by Crippen LogP contribution is -2.31. The number of aliphatic carboxylic acids is 1. The summed E-state index contributed by atoms with van der Waals surface area (Å²) in [6.07, 6.45) is 1.79. The molecule has 0 spiro atoms. The van der Waals surface area contributed by atoms with E-state index in [1.165, 1.54) is 0 Å². The van der Waals surface area contributed by atoms with Crippen LogP contribution in [0.15, 0.2) is 54.6 Å². The van der Waals surface area contributed by atoms with Gasteiger partial charge in [0.2, 0.25) is 5.91 Å². The van der Waals surface area contributed by atoms with Gasteiger partial charge in [0.1, 0.15) is 0 Å². The molecule has 0 saturated carbocycles. The van der Waals surface area contributed by atoms with Crippen molar-refractivity contribution in [2.24, 2.45) is 0 Å². The van der Waals surface area contributed by atoms with Crippen molar-refractivity contribution in [1.82, 2.24) is 10.3 Å². The number of carbonyl (C=O) groups excluding carboxylic acids is 1. The number of carboxylic acids is 1.